The summed E-state index contributed by atoms with van der Waals surface area (Å²) in [5.41, 5.74) is 0.707. The first-order valence-corrected chi connectivity index (χ1v) is 11.9. The predicted molar refractivity (Wildman–Crippen MR) is 121 cm³/mol. The number of hydrogen-bond acceptors (Lipinski definition) is 5. The Morgan fingerprint density at radius 1 is 1.06 bits per heavy atom. The van der Waals surface area contributed by atoms with Gasteiger partial charge in [-0.3, -0.25) is 9.69 Å². The maximum absolute atomic E-state index is 13.9. The summed E-state index contributed by atoms with van der Waals surface area (Å²) in [6, 6.07) is 10.9. The number of nitrogens with one attached hydrogen (secondary N) is 1. The van der Waals surface area contributed by atoms with Crippen LogP contribution in [-0.2, 0) is 16.6 Å². The van der Waals surface area contributed by atoms with Gasteiger partial charge in [0.15, 0.2) is 11.6 Å². The Hall–Kier alpha value is -2.49. The van der Waals surface area contributed by atoms with E-state index < -0.39 is 15.6 Å². The summed E-state index contributed by atoms with van der Waals surface area (Å²) in [4.78, 5) is 16.9. The van der Waals surface area contributed by atoms with Crippen LogP contribution >= 0.6 is 0 Å². The normalized spacial score (nSPS) is 15.6. The lowest BCUT2D eigenvalue weighted by Crippen LogP contribution is -2.48. The molecule has 0 saturated carbocycles. The molecule has 1 saturated heterocycles. The first-order chi connectivity index (χ1) is 15.0. The maximum Gasteiger partial charge on any atom is 0.253 e. The summed E-state index contributed by atoms with van der Waals surface area (Å²) in [7, 11) is -2.21. The Morgan fingerprint density at radius 3 is 2.22 bits per heavy atom. The summed E-state index contributed by atoms with van der Waals surface area (Å²) in [6.45, 7) is 8.33. The van der Waals surface area contributed by atoms with Gasteiger partial charge in [0.2, 0.25) is 10.0 Å². The molecule has 0 spiro atoms. The molecule has 2 aromatic carbocycles. The number of piperazine rings is 1. The Morgan fingerprint density at radius 2 is 1.69 bits per heavy atom. The zero-order chi connectivity index (χ0) is 23.5. The number of ether oxygens (including phenoxy) is 1. The Labute approximate surface area is 189 Å². The van der Waals surface area contributed by atoms with Crippen LogP contribution in [0.25, 0.3) is 0 Å². The fourth-order valence-electron chi connectivity index (χ4n) is 3.60. The number of hydrogen-bond donors (Lipinski definition) is 1. The molecule has 1 aliphatic rings. The van der Waals surface area contributed by atoms with Gasteiger partial charge in [0.05, 0.1) is 12.0 Å². The molecule has 0 aliphatic carbocycles. The fraction of sp³-hybridized carbons (Fsp3) is 0.435. The van der Waals surface area contributed by atoms with E-state index in [9.17, 15) is 17.6 Å². The second kappa shape index (κ2) is 9.56. The van der Waals surface area contributed by atoms with Crippen molar-refractivity contribution in [3.05, 3.63) is 59.4 Å². The molecule has 1 fully saturated rings. The third-order valence-corrected chi connectivity index (χ3v) is 6.91. The molecular weight excluding hydrogens is 433 g/mol. The highest BCUT2D eigenvalue weighted by molar-refractivity contribution is 7.89. The number of sulfonamides is 1. The molecule has 1 amide bonds. The number of halogens is 1. The highest BCUT2D eigenvalue weighted by Crippen LogP contribution is 2.20. The summed E-state index contributed by atoms with van der Waals surface area (Å²) in [6.07, 6.45) is 0. The molecule has 2 aromatic rings. The molecule has 0 aromatic heterocycles. The SMILES string of the molecule is COc1ccc(CN2CCN(C(=O)c3ccc(S(=O)(=O)NC(C)(C)C)cc3)CC2)cc1F. The number of carbonyl (C=O) groups is 1. The number of benzene rings is 2. The van der Waals surface area contributed by atoms with Gasteiger partial charge in [-0.15, -0.1) is 0 Å². The highest BCUT2D eigenvalue weighted by Gasteiger charge is 2.25. The van der Waals surface area contributed by atoms with Crippen LogP contribution < -0.4 is 9.46 Å². The van der Waals surface area contributed by atoms with Crippen LogP contribution in [0.4, 0.5) is 4.39 Å². The average molecular weight is 464 g/mol. The van der Waals surface area contributed by atoms with Gasteiger partial charge in [0.25, 0.3) is 5.91 Å². The van der Waals surface area contributed by atoms with E-state index in [1.54, 1.807) is 43.9 Å². The van der Waals surface area contributed by atoms with E-state index in [1.807, 2.05) is 6.07 Å². The Kier molecular flexibility index (Phi) is 7.22. The minimum Gasteiger partial charge on any atom is -0.494 e. The second-order valence-electron chi connectivity index (χ2n) is 8.92. The van der Waals surface area contributed by atoms with Gasteiger partial charge >= 0.3 is 0 Å². The molecular formula is C23H30FN3O4S. The molecule has 1 heterocycles. The summed E-state index contributed by atoms with van der Waals surface area (Å²) < 4.78 is 46.3. The number of nitrogens with zero attached hydrogens (tertiary/aromatic N) is 2. The molecule has 7 nitrogen and oxygen atoms in total. The summed E-state index contributed by atoms with van der Waals surface area (Å²) in [5, 5.41) is 0. The third kappa shape index (κ3) is 6.05. The highest BCUT2D eigenvalue weighted by atomic mass is 32.2. The lowest BCUT2D eigenvalue weighted by atomic mass is 10.1. The minimum absolute atomic E-state index is 0.125. The van der Waals surface area contributed by atoms with E-state index >= 15 is 0 Å². The largest absolute Gasteiger partial charge is 0.494 e. The Balaban J connectivity index is 1.58. The van der Waals surface area contributed by atoms with Crippen molar-refractivity contribution in [2.24, 2.45) is 0 Å². The van der Waals surface area contributed by atoms with E-state index in [4.69, 9.17) is 4.74 Å². The van der Waals surface area contributed by atoms with Crippen LogP contribution in [0.2, 0.25) is 0 Å². The molecule has 0 atom stereocenters. The fourth-order valence-corrected chi connectivity index (χ4v) is 5.02. The van der Waals surface area contributed by atoms with Crippen LogP contribution in [0.15, 0.2) is 47.4 Å². The van der Waals surface area contributed by atoms with Crippen LogP contribution in [-0.4, -0.2) is 63.0 Å². The molecule has 1 N–H and O–H groups in total. The van der Waals surface area contributed by atoms with E-state index in [2.05, 4.69) is 9.62 Å². The summed E-state index contributed by atoms with van der Waals surface area (Å²) in [5.74, 6) is -0.299. The standard InChI is InChI=1S/C23H30FN3O4S/c1-23(2,3)25-32(29,30)19-8-6-18(7-9-19)22(28)27-13-11-26(12-14-27)16-17-5-10-21(31-4)20(24)15-17/h5-10,15,25H,11-14,16H2,1-4H3. The van der Waals surface area contributed by atoms with E-state index in [0.717, 1.165) is 5.56 Å². The predicted octanol–water partition coefficient (Wildman–Crippen LogP) is 2.87. The van der Waals surface area contributed by atoms with Gasteiger partial charge in [-0.25, -0.2) is 17.5 Å². The lowest BCUT2D eigenvalue weighted by Gasteiger charge is -2.34. The molecule has 3 rings (SSSR count). The number of carbonyl (C=O) groups excluding carboxylic acids is 1. The first kappa shape index (κ1) is 24.2. The van der Waals surface area contributed by atoms with Gasteiger partial charge in [-0.05, 0) is 62.7 Å². The number of methoxy groups -OCH3 is 1. The monoisotopic (exact) mass is 463 g/mol. The van der Waals surface area contributed by atoms with Crippen molar-refractivity contribution in [2.75, 3.05) is 33.3 Å². The van der Waals surface area contributed by atoms with Gasteiger partial charge < -0.3 is 9.64 Å². The molecule has 9 heteroatoms. The van der Waals surface area contributed by atoms with E-state index in [0.29, 0.717) is 38.3 Å². The first-order valence-electron chi connectivity index (χ1n) is 10.5. The van der Waals surface area contributed by atoms with Crippen LogP contribution in [0.5, 0.6) is 5.75 Å². The van der Waals surface area contributed by atoms with Crippen molar-refractivity contribution in [3.8, 4) is 5.75 Å². The summed E-state index contributed by atoms with van der Waals surface area (Å²) >= 11 is 0. The van der Waals surface area contributed by atoms with E-state index in [-0.39, 0.29) is 22.4 Å². The minimum atomic E-state index is -3.65. The zero-order valence-electron chi connectivity index (χ0n) is 18.9. The lowest BCUT2D eigenvalue weighted by molar-refractivity contribution is 0.0628. The Bertz CT molecular complexity index is 1060. The number of amides is 1. The van der Waals surface area contributed by atoms with Crippen molar-refractivity contribution in [1.82, 2.24) is 14.5 Å². The molecule has 0 bridgehead atoms. The number of rotatable bonds is 6. The third-order valence-electron chi connectivity index (χ3n) is 5.13. The topological polar surface area (TPSA) is 79.0 Å². The smallest absolute Gasteiger partial charge is 0.253 e. The van der Waals surface area contributed by atoms with Gasteiger partial charge in [0.1, 0.15) is 0 Å². The van der Waals surface area contributed by atoms with Crippen molar-refractivity contribution in [3.63, 3.8) is 0 Å². The molecule has 174 valence electrons. The van der Waals surface area contributed by atoms with Crippen molar-refractivity contribution in [1.29, 1.82) is 0 Å². The van der Waals surface area contributed by atoms with Crippen molar-refractivity contribution in [2.45, 2.75) is 37.8 Å². The quantitative estimate of drug-likeness (QED) is 0.713. The van der Waals surface area contributed by atoms with Gasteiger partial charge in [0, 0.05) is 43.8 Å². The van der Waals surface area contributed by atoms with Gasteiger partial charge in [-0.2, -0.15) is 0 Å². The van der Waals surface area contributed by atoms with Crippen LogP contribution in [0.3, 0.4) is 0 Å². The molecule has 0 unspecified atom stereocenters. The van der Waals surface area contributed by atoms with E-state index in [1.165, 1.54) is 25.3 Å². The van der Waals surface area contributed by atoms with Crippen molar-refractivity contribution < 1.29 is 22.3 Å². The average Bonchev–Trinajstić information content (AvgIpc) is 2.72. The maximum atomic E-state index is 13.9. The van der Waals surface area contributed by atoms with Crippen molar-refractivity contribution >= 4 is 15.9 Å². The van der Waals surface area contributed by atoms with Crippen LogP contribution in [0, 0.1) is 5.82 Å². The zero-order valence-corrected chi connectivity index (χ0v) is 19.7. The van der Waals surface area contributed by atoms with Crippen LogP contribution in [0.1, 0.15) is 36.7 Å². The molecule has 32 heavy (non-hydrogen) atoms. The second-order valence-corrected chi connectivity index (χ2v) is 10.6. The molecule has 0 radical (unpaired) electrons. The molecule has 1 aliphatic heterocycles. The van der Waals surface area contributed by atoms with Gasteiger partial charge in [-0.1, -0.05) is 6.07 Å².